The van der Waals surface area contributed by atoms with Gasteiger partial charge in [0.25, 0.3) is 0 Å². The van der Waals surface area contributed by atoms with Gasteiger partial charge in [-0.2, -0.15) is 8.61 Å². The fourth-order valence-corrected chi connectivity index (χ4v) is 11.4. The van der Waals surface area contributed by atoms with Crippen molar-refractivity contribution in [3.05, 3.63) is 125 Å². The summed E-state index contributed by atoms with van der Waals surface area (Å²) in [5.74, 6) is -0.279. The summed E-state index contributed by atoms with van der Waals surface area (Å²) in [6.07, 6.45) is 1.01. The number of rotatable bonds is 11. The number of hydrogen-bond acceptors (Lipinski definition) is 11. The van der Waals surface area contributed by atoms with E-state index in [1.807, 2.05) is 41.9 Å². The molecule has 0 saturated carbocycles. The number of piperazine rings is 2. The molecular weight excluding hydrogens is 835 g/mol. The Bertz CT molecular complexity index is 2550. The third-order valence-electron chi connectivity index (χ3n) is 9.99. The second kappa shape index (κ2) is 18.6. The first kappa shape index (κ1) is 42.3. The van der Waals surface area contributed by atoms with Crippen molar-refractivity contribution in [2.24, 2.45) is 0 Å². The van der Waals surface area contributed by atoms with E-state index in [9.17, 15) is 25.6 Å². The Hall–Kier alpha value is -4.78. The molecule has 59 heavy (non-hydrogen) atoms. The highest BCUT2D eigenvalue weighted by atomic mass is 32.2. The molecule has 0 radical (unpaired) electrons. The van der Waals surface area contributed by atoms with E-state index >= 15 is 0 Å². The molecule has 0 atom stereocenters. The number of aromatic nitrogens is 2. The third-order valence-corrected chi connectivity index (χ3v) is 15.6. The van der Waals surface area contributed by atoms with E-state index in [1.165, 1.54) is 61.9 Å². The van der Waals surface area contributed by atoms with Gasteiger partial charge in [-0.05, 0) is 79.6 Å². The zero-order valence-electron chi connectivity index (χ0n) is 32.6. The van der Waals surface area contributed by atoms with E-state index in [0.29, 0.717) is 59.0 Å². The maximum absolute atomic E-state index is 13.4. The maximum Gasteiger partial charge on any atom is 0.243 e. The Morgan fingerprint density at radius 1 is 0.593 bits per heavy atom. The van der Waals surface area contributed by atoms with E-state index < -0.39 is 31.7 Å². The number of sulfonamides is 2. The molecule has 0 spiro atoms. The van der Waals surface area contributed by atoms with Gasteiger partial charge < -0.3 is 14.5 Å². The van der Waals surface area contributed by atoms with Gasteiger partial charge in [0.05, 0.1) is 27.8 Å². The van der Waals surface area contributed by atoms with Crippen LogP contribution in [-0.4, -0.2) is 94.4 Å². The highest BCUT2D eigenvalue weighted by Crippen LogP contribution is 2.31. The van der Waals surface area contributed by atoms with Crippen LogP contribution in [-0.2, 0) is 26.5 Å². The average Bonchev–Trinajstić information content (AvgIpc) is 3.96. The summed E-state index contributed by atoms with van der Waals surface area (Å²) in [6, 6.07) is 26.5. The second-order valence-electron chi connectivity index (χ2n) is 13.7. The topological polar surface area (TPSA) is 116 Å². The van der Waals surface area contributed by atoms with Crippen LogP contribution in [0.25, 0.3) is 22.5 Å². The van der Waals surface area contributed by atoms with Crippen molar-refractivity contribution in [3.8, 4) is 28.3 Å². The van der Waals surface area contributed by atoms with Crippen LogP contribution in [0.1, 0.15) is 19.4 Å². The van der Waals surface area contributed by atoms with E-state index in [4.69, 9.17) is 14.7 Å². The molecule has 11 nitrogen and oxygen atoms in total. The number of benzene rings is 4. The summed E-state index contributed by atoms with van der Waals surface area (Å²) in [4.78, 5) is 13.6. The van der Waals surface area contributed by atoms with Crippen molar-refractivity contribution >= 4 is 53.0 Å². The lowest BCUT2D eigenvalue weighted by Crippen LogP contribution is -2.48. The number of nitrogens with zero attached hydrogens (tertiary/aromatic N) is 6. The van der Waals surface area contributed by atoms with Gasteiger partial charge in [0.1, 0.15) is 17.4 Å². The highest BCUT2D eigenvalue weighted by molar-refractivity contribution is 7.89. The lowest BCUT2D eigenvalue weighted by atomic mass is 10.1. The molecule has 0 aliphatic carbocycles. The monoisotopic (exact) mass is 878 g/mol. The molecule has 0 N–H and O–H groups in total. The maximum atomic E-state index is 13.4. The number of thiazole rings is 2. The molecule has 2 saturated heterocycles. The number of anilines is 2. The van der Waals surface area contributed by atoms with Gasteiger partial charge in [-0.1, -0.05) is 43.3 Å². The van der Waals surface area contributed by atoms with Crippen LogP contribution in [0, 0.1) is 11.6 Å². The fraction of sp³-hybridized carbons (Fsp3) is 0.286. The van der Waals surface area contributed by atoms with E-state index in [-0.39, 0.29) is 9.79 Å². The summed E-state index contributed by atoms with van der Waals surface area (Å²) in [5, 5.41) is 5.79. The molecular formula is C42H44F2N6O5S4. The summed E-state index contributed by atoms with van der Waals surface area (Å²) < 4.78 is 86.2. The minimum absolute atomic E-state index is 0.00184. The van der Waals surface area contributed by atoms with Crippen molar-refractivity contribution < 1.29 is 30.4 Å². The van der Waals surface area contributed by atoms with Crippen LogP contribution in [0.15, 0.2) is 118 Å². The molecule has 0 unspecified atom stereocenters. The van der Waals surface area contributed by atoms with Gasteiger partial charge in [0.2, 0.25) is 20.0 Å². The standard InChI is InChI=1S/C21H22FN3O3S2.C21H22FN3O2S2/c1-2-28-18-8-6-16(7-9-18)20-15-29-21(23-20)24-10-12-25(13-11-24)30(26,27)19-5-3-4-17(22)14-19;1-2-16-6-8-17(9-7-16)20-15-28-21(23-20)24-10-12-25(13-11-24)29(26,27)19-5-3-4-18(22)14-19/h3-9,14-15H,2,10-13H2,1H3;3-9,14-15H,2,10-13H2,1H3. The SMILES string of the molecule is CCOc1ccc(-c2csc(N3CCN(S(=O)(=O)c4cccc(F)c4)CC3)n2)cc1.CCc1ccc(-c2csc(N3CCN(S(=O)(=O)c4cccc(F)c4)CC3)n2)cc1. The molecule has 2 aliphatic heterocycles. The number of ether oxygens (including phenoxy) is 1. The normalized spacial score (nSPS) is 15.5. The molecule has 6 aromatic rings. The Balaban J connectivity index is 0.000000179. The summed E-state index contributed by atoms with van der Waals surface area (Å²) in [7, 11) is -7.38. The van der Waals surface area contributed by atoms with Crippen LogP contribution >= 0.6 is 22.7 Å². The molecule has 2 aliphatic rings. The molecule has 0 bridgehead atoms. The molecule has 2 fully saturated rings. The molecule has 310 valence electrons. The number of aryl methyl sites for hydroxylation is 1. The van der Waals surface area contributed by atoms with Gasteiger partial charge >= 0.3 is 0 Å². The fourth-order valence-electron chi connectivity index (χ4n) is 6.68. The smallest absolute Gasteiger partial charge is 0.243 e. The average molecular weight is 879 g/mol. The quantitative estimate of drug-likeness (QED) is 0.128. The molecule has 8 rings (SSSR count). The summed E-state index contributed by atoms with van der Waals surface area (Å²) >= 11 is 3.10. The van der Waals surface area contributed by atoms with E-state index in [1.54, 1.807) is 11.3 Å². The van der Waals surface area contributed by atoms with Crippen LogP contribution in [0.4, 0.5) is 19.0 Å². The van der Waals surface area contributed by atoms with Crippen molar-refractivity contribution in [2.45, 2.75) is 30.1 Å². The first-order valence-electron chi connectivity index (χ1n) is 19.2. The van der Waals surface area contributed by atoms with Crippen molar-refractivity contribution in [1.82, 2.24) is 18.6 Å². The van der Waals surface area contributed by atoms with Crippen molar-refractivity contribution in [3.63, 3.8) is 0 Å². The van der Waals surface area contributed by atoms with Crippen LogP contribution in [0.5, 0.6) is 5.75 Å². The Morgan fingerprint density at radius 2 is 1.02 bits per heavy atom. The summed E-state index contributed by atoms with van der Waals surface area (Å²) in [6.45, 7) is 8.22. The summed E-state index contributed by atoms with van der Waals surface area (Å²) in [5.41, 5.74) is 5.19. The van der Waals surface area contributed by atoms with Crippen molar-refractivity contribution in [1.29, 1.82) is 0 Å². The van der Waals surface area contributed by atoms with Crippen LogP contribution in [0.3, 0.4) is 0 Å². The van der Waals surface area contributed by atoms with Gasteiger partial charge in [-0.25, -0.2) is 35.6 Å². The van der Waals surface area contributed by atoms with Crippen molar-refractivity contribution in [2.75, 3.05) is 68.8 Å². The Morgan fingerprint density at radius 3 is 1.41 bits per heavy atom. The first-order chi connectivity index (χ1) is 28.4. The molecule has 4 heterocycles. The minimum atomic E-state index is -3.70. The lowest BCUT2D eigenvalue weighted by molar-refractivity contribution is 0.340. The second-order valence-corrected chi connectivity index (χ2v) is 19.3. The molecule has 2 aromatic heterocycles. The number of halogens is 2. The molecule has 17 heteroatoms. The predicted octanol–water partition coefficient (Wildman–Crippen LogP) is 7.88. The first-order valence-corrected chi connectivity index (χ1v) is 23.8. The predicted molar refractivity (Wildman–Crippen MR) is 230 cm³/mol. The van der Waals surface area contributed by atoms with Gasteiger partial charge in [-0.3, -0.25) is 0 Å². The third kappa shape index (κ3) is 9.99. The highest BCUT2D eigenvalue weighted by Gasteiger charge is 2.31. The van der Waals surface area contributed by atoms with Crippen LogP contribution < -0.4 is 14.5 Å². The lowest BCUT2D eigenvalue weighted by Gasteiger charge is -2.33. The van der Waals surface area contributed by atoms with E-state index in [0.717, 1.165) is 57.1 Å². The van der Waals surface area contributed by atoms with Gasteiger partial charge in [0.15, 0.2) is 10.3 Å². The number of hydrogen-bond donors (Lipinski definition) is 0. The van der Waals surface area contributed by atoms with E-state index in [2.05, 4.69) is 41.0 Å². The molecule has 4 aromatic carbocycles. The van der Waals surface area contributed by atoms with Gasteiger partial charge in [-0.15, -0.1) is 22.7 Å². The Kier molecular flexibility index (Phi) is 13.4. The largest absolute Gasteiger partial charge is 0.494 e. The zero-order valence-corrected chi connectivity index (χ0v) is 35.8. The minimum Gasteiger partial charge on any atom is -0.494 e. The van der Waals surface area contributed by atoms with Gasteiger partial charge in [0, 0.05) is 74.2 Å². The molecule has 0 amide bonds. The Labute approximate surface area is 352 Å². The van der Waals surface area contributed by atoms with Crippen LogP contribution in [0.2, 0.25) is 0 Å². The zero-order chi connectivity index (χ0) is 41.6.